The van der Waals surface area contributed by atoms with Gasteiger partial charge in [0, 0.05) is 57.9 Å². The minimum Gasteiger partial charge on any atom is -0.372 e. The van der Waals surface area contributed by atoms with E-state index in [4.69, 9.17) is 4.98 Å². The Hall–Kier alpha value is -2.91. The summed E-state index contributed by atoms with van der Waals surface area (Å²) in [7, 11) is 0. The SMILES string of the molecule is O=C(CCc1nc2ccccc2n1-c1ccccc1)N1CCN(CCCOCC(F)(F)F)CC1. The summed E-state index contributed by atoms with van der Waals surface area (Å²) in [6.45, 7) is 2.23. The Morgan fingerprint density at radius 2 is 1.68 bits per heavy atom. The average Bonchev–Trinajstić information content (AvgIpc) is 3.21. The number of carbonyl (C=O) groups is 1. The van der Waals surface area contributed by atoms with Crippen molar-refractivity contribution in [3.63, 3.8) is 0 Å². The largest absolute Gasteiger partial charge is 0.411 e. The number of benzene rings is 2. The van der Waals surface area contributed by atoms with Gasteiger partial charge in [0.2, 0.25) is 5.91 Å². The Morgan fingerprint density at radius 1 is 0.971 bits per heavy atom. The molecule has 1 amide bonds. The predicted octanol–water partition coefficient (Wildman–Crippen LogP) is 4.07. The van der Waals surface area contributed by atoms with E-state index >= 15 is 0 Å². The first-order valence-electron chi connectivity index (χ1n) is 11.6. The second-order valence-corrected chi connectivity index (χ2v) is 8.43. The summed E-state index contributed by atoms with van der Waals surface area (Å²) in [6.07, 6.45) is -2.82. The predicted molar refractivity (Wildman–Crippen MR) is 124 cm³/mol. The first kappa shape index (κ1) is 24.2. The Kier molecular flexibility index (Phi) is 7.84. The van der Waals surface area contributed by atoms with E-state index in [9.17, 15) is 18.0 Å². The first-order chi connectivity index (χ1) is 16.4. The van der Waals surface area contributed by atoms with Crippen molar-refractivity contribution in [2.45, 2.75) is 25.4 Å². The highest BCUT2D eigenvalue weighted by atomic mass is 19.4. The highest BCUT2D eigenvalue weighted by molar-refractivity contribution is 5.79. The molecule has 0 unspecified atom stereocenters. The fourth-order valence-electron chi connectivity index (χ4n) is 4.28. The van der Waals surface area contributed by atoms with Crippen molar-refractivity contribution >= 4 is 16.9 Å². The maximum atomic E-state index is 12.9. The molecule has 1 aliphatic heterocycles. The molecule has 1 aliphatic rings. The zero-order valence-electron chi connectivity index (χ0n) is 19.0. The average molecular weight is 475 g/mol. The lowest BCUT2D eigenvalue weighted by molar-refractivity contribution is -0.174. The van der Waals surface area contributed by atoms with Crippen LogP contribution < -0.4 is 0 Å². The first-order valence-corrected chi connectivity index (χ1v) is 11.6. The maximum Gasteiger partial charge on any atom is 0.411 e. The smallest absolute Gasteiger partial charge is 0.372 e. The van der Waals surface area contributed by atoms with Gasteiger partial charge in [0.15, 0.2) is 0 Å². The molecule has 1 aromatic heterocycles. The monoisotopic (exact) mass is 474 g/mol. The van der Waals surface area contributed by atoms with Gasteiger partial charge in [-0.15, -0.1) is 0 Å². The number of hydrogen-bond acceptors (Lipinski definition) is 4. The van der Waals surface area contributed by atoms with E-state index in [0.29, 0.717) is 52.0 Å². The zero-order chi connectivity index (χ0) is 24.0. The summed E-state index contributed by atoms with van der Waals surface area (Å²) < 4.78 is 43.1. The molecule has 1 saturated heterocycles. The molecule has 3 aromatic rings. The van der Waals surface area contributed by atoms with Crippen LogP contribution in [0.15, 0.2) is 54.6 Å². The maximum absolute atomic E-state index is 12.9. The Morgan fingerprint density at radius 3 is 2.41 bits per heavy atom. The van der Waals surface area contributed by atoms with Crippen molar-refractivity contribution in [1.82, 2.24) is 19.4 Å². The van der Waals surface area contributed by atoms with Gasteiger partial charge in [0.25, 0.3) is 0 Å². The van der Waals surface area contributed by atoms with E-state index in [1.807, 2.05) is 59.5 Å². The van der Waals surface area contributed by atoms with Crippen LogP contribution in [0, 0.1) is 0 Å². The number of carbonyl (C=O) groups excluding carboxylic acids is 1. The number of hydrogen-bond donors (Lipinski definition) is 0. The van der Waals surface area contributed by atoms with Gasteiger partial charge in [-0.05, 0) is 30.7 Å². The number of halogens is 3. The van der Waals surface area contributed by atoms with Crippen molar-refractivity contribution in [3.8, 4) is 5.69 Å². The summed E-state index contributed by atoms with van der Waals surface area (Å²) in [6, 6.07) is 18.0. The van der Waals surface area contributed by atoms with Crippen LogP contribution in [0.2, 0.25) is 0 Å². The number of imidazole rings is 1. The Labute approximate surface area is 196 Å². The summed E-state index contributed by atoms with van der Waals surface area (Å²) in [5.74, 6) is 0.957. The molecule has 1 fully saturated rings. The quantitative estimate of drug-likeness (QED) is 0.439. The molecule has 0 N–H and O–H groups in total. The molecule has 0 bridgehead atoms. The van der Waals surface area contributed by atoms with E-state index in [-0.39, 0.29) is 12.5 Å². The fraction of sp³-hybridized carbons (Fsp3) is 0.440. The number of aryl methyl sites for hydroxylation is 1. The molecule has 182 valence electrons. The molecule has 34 heavy (non-hydrogen) atoms. The molecule has 2 aromatic carbocycles. The highest BCUT2D eigenvalue weighted by Crippen LogP contribution is 2.22. The van der Waals surface area contributed by atoms with Crippen molar-refractivity contribution in [1.29, 1.82) is 0 Å². The van der Waals surface area contributed by atoms with Crippen LogP contribution >= 0.6 is 0 Å². The molecule has 9 heteroatoms. The molecule has 0 spiro atoms. The van der Waals surface area contributed by atoms with Gasteiger partial charge in [0.1, 0.15) is 12.4 Å². The second kappa shape index (κ2) is 11.0. The molecule has 2 heterocycles. The number of alkyl halides is 3. The van der Waals surface area contributed by atoms with Gasteiger partial charge in [-0.1, -0.05) is 30.3 Å². The van der Waals surface area contributed by atoms with E-state index < -0.39 is 12.8 Å². The van der Waals surface area contributed by atoms with Crippen LogP contribution in [0.1, 0.15) is 18.7 Å². The molecule has 4 rings (SSSR count). The van der Waals surface area contributed by atoms with Gasteiger partial charge in [-0.3, -0.25) is 14.3 Å². The normalized spacial score (nSPS) is 15.2. The number of ether oxygens (including phenoxy) is 1. The molecular weight excluding hydrogens is 445 g/mol. The molecular formula is C25H29F3N4O2. The third-order valence-corrected chi connectivity index (χ3v) is 5.96. The highest BCUT2D eigenvalue weighted by Gasteiger charge is 2.27. The number of aromatic nitrogens is 2. The van der Waals surface area contributed by atoms with Gasteiger partial charge >= 0.3 is 6.18 Å². The molecule has 0 radical (unpaired) electrons. The number of rotatable bonds is 9. The van der Waals surface area contributed by atoms with Crippen LogP contribution in [0.25, 0.3) is 16.7 Å². The molecule has 0 atom stereocenters. The topological polar surface area (TPSA) is 50.6 Å². The summed E-state index contributed by atoms with van der Waals surface area (Å²) in [5, 5.41) is 0. The fourth-order valence-corrected chi connectivity index (χ4v) is 4.28. The van der Waals surface area contributed by atoms with E-state index in [0.717, 1.165) is 22.5 Å². The third-order valence-electron chi connectivity index (χ3n) is 5.96. The molecule has 0 aliphatic carbocycles. The summed E-state index contributed by atoms with van der Waals surface area (Å²) in [4.78, 5) is 21.7. The minimum atomic E-state index is -4.28. The van der Waals surface area contributed by atoms with Crippen LogP contribution in [0.4, 0.5) is 13.2 Å². The number of para-hydroxylation sites is 3. The van der Waals surface area contributed by atoms with Gasteiger partial charge < -0.3 is 9.64 Å². The number of amides is 1. The number of nitrogens with zero attached hydrogens (tertiary/aromatic N) is 4. The third kappa shape index (κ3) is 6.36. The number of piperazine rings is 1. The van der Waals surface area contributed by atoms with Gasteiger partial charge in [0.05, 0.1) is 11.0 Å². The number of fused-ring (bicyclic) bond motifs is 1. The summed E-state index contributed by atoms with van der Waals surface area (Å²) >= 11 is 0. The van der Waals surface area contributed by atoms with Crippen LogP contribution in [0.3, 0.4) is 0 Å². The van der Waals surface area contributed by atoms with E-state index in [1.54, 1.807) is 0 Å². The standard InChI is InChI=1S/C25H29F3N4O2/c26-25(27,28)19-34-18-6-13-30-14-16-31(17-15-30)24(33)12-11-23-29-21-9-4-5-10-22(21)32(23)20-7-2-1-3-8-20/h1-5,7-10H,6,11-19H2. The van der Waals surface area contributed by atoms with Gasteiger partial charge in [-0.2, -0.15) is 13.2 Å². The lowest BCUT2D eigenvalue weighted by Crippen LogP contribution is -2.49. The zero-order valence-corrected chi connectivity index (χ0v) is 19.0. The Bertz CT molecular complexity index is 1080. The second-order valence-electron chi connectivity index (χ2n) is 8.43. The van der Waals surface area contributed by atoms with Crippen molar-refractivity contribution in [2.24, 2.45) is 0 Å². The van der Waals surface area contributed by atoms with Gasteiger partial charge in [-0.25, -0.2) is 4.98 Å². The molecule has 6 nitrogen and oxygen atoms in total. The van der Waals surface area contributed by atoms with E-state index in [2.05, 4.69) is 14.2 Å². The van der Waals surface area contributed by atoms with Crippen LogP contribution in [0.5, 0.6) is 0 Å². The molecule has 0 saturated carbocycles. The van der Waals surface area contributed by atoms with E-state index in [1.165, 1.54) is 0 Å². The van der Waals surface area contributed by atoms with Crippen molar-refractivity contribution in [2.75, 3.05) is 45.9 Å². The van der Waals surface area contributed by atoms with Crippen molar-refractivity contribution < 1.29 is 22.7 Å². The lowest BCUT2D eigenvalue weighted by Gasteiger charge is -2.34. The Balaban J connectivity index is 1.27. The minimum absolute atomic E-state index is 0.0844. The van der Waals surface area contributed by atoms with Crippen LogP contribution in [-0.2, 0) is 16.0 Å². The summed E-state index contributed by atoms with van der Waals surface area (Å²) in [5.41, 5.74) is 2.94. The van der Waals surface area contributed by atoms with Crippen LogP contribution in [-0.4, -0.2) is 77.4 Å². The van der Waals surface area contributed by atoms with Crippen molar-refractivity contribution in [3.05, 3.63) is 60.4 Å². The lowest BCUT2D eigenvalue weighted by atomic mass is 10.2.